The summed E-state index contributed by atoms with van der Waals surface area (Å²) in [5, 5.41) is 3.12. The standard InChI is InChI=1S/C25H32N2O2/c1-27(23-9-3-2-4-10-23)18-22-8-6-5-7-21(22)17-26-25(28)16-19-11-12-24-20(15-19)13-14-29-24/h5-8,11-12,15,23H,2-4,9-10,13-14,16-18H2,1H3,(H,26,28). The molecule has 1 aliphatic heterocycles. The molecular formula is C25H32N2O2. The number of hydrogen-bond donors (Lipinski definition) is 1. The third-order valence-corrected chi connectivity index (χ3v) is 6.33. The maximum Gasteiger partial charge on any atom is 0.224 e. The molecule has 0 unspecified atom stereocenters. The first kappa shape index (κ1) is 20.0. The number of hydrogen-bond acceptors (Lipinski definition) is 3. The third kappa shape index (κ3) is 5.18. The van der Waals surface area contributed by atoms with Gasteiger partial charge in [0.15, 0.2) is 0 Å². The summed E-state index contributed by atoms with van der Waals surface area (Å²) in [5.74, 6) is 1.03. The van der Waals surface area contributed by atoms with E-state index in [1.807, 2.05) is 12.1 Å². The second-order valence-corrected chi connectivity index (χ2v) is 8.47. The number of benzene rings is 2. The molecule has 1 aliphatic carbocycles. The van der Waals surface area contributed by atoms with Crippen molar-refractivity contribution in [2.24, 2.45) is 0 Å². The number of carbonyl (C=O) groups is 1. The van der Waals surface area contributed by atoms with Crippen LogP contribution in [0.15, 0.2) is 42.5 Å². The van der Waals surface area contributed by atoms with Crippen LogP contribution in [0.3, 0.4) is 0 Å². The molecule has 154 valence electrons. The van der Waals surface area contributed by atoms with Crippen LogP contribution in [0, 0.1) is 0 Å². The highest BCUT2D eigenvalue weighted by Gasteiger charge is 2.19. The minimum atomic E-state index is 0.0688. The SMILES string of the molecule is CN(Cc1ccccc1CNC(=O)Cc1ccc2c(c1)CCO2)C1CCCCC1. The molecule has 0 spiro atoms. The lowest BCUT2D eigenvalue weighted by atomic mass is 9.94. The third-order valence-electron chi connectivity index (χ3n) is 6.33. The largest absolute Gasteiger partial charge is 0.493 e. The van der Waals surface area contributed by atoms with Gasteiger partial charge in [0.25, 0.3) is 0 Å². The van der Waals surface area contributed by atoms with Crippen LogP contribution < -0.4 is 10.1 Å². The Kier molecular flexibility index (Phi) is 6.50. The van der Waals surface area contributed by atoms with Crippen molar-refractivity contribution in [3.05, 3.63) is 64.7 Å². The Balaban J connectivity index is 1.32. The summed E-state index contributed by atoms with van der Waals surface area (Å²) < 4.78 is 5.55. The topological polar surface area (TPSA) is 41.6 Å². The van der Waals surface area contributed by atoms with Gasteiger partial charge in [0, 0.05) is 25.6 Å². The Morgan fingerprint density at radius 1 is 1.10 bits per heavy atom. The molecule has 0 aromatic heterocycles. The summed E-state index contributed by atoms with van der Waals surface area (Å²) in [7, 11) is 2.24. The van der Waals surface area contributed by atoms with E-state index in [2.05, 4.69) is 47.6 Å². The van der Waals surface area contributed by atoms with Crippen LogP contribution in [0.5, 0.6) is 5.75 Å². The van der Waals surface area contributed by atoms with Gasteiger partial charge < -0.3 is 10.1 Å². The van der Waals surface area contributed by atoms with Gasteiger partial charge in [-0.25, -0.2) is 0 Å². The minimum Gasteiger partial charge on any atom is -0.493 e. The molecule has 4 rings (SSSR count). The summed E-state index contributed by atoms with van der Waals surface area (Å²) in [6, 6.07) is 15.3. The molecule has 0 saturated heterocycles. The zero-order chi connectivity index (χ0) is 20.1. The maximum atomic E-state index is 12.5. The van der Waals surface area contributed by atoms with Gasteiger partial charge in [0.2, 0.25) is 5.91 Å². The molecule has 1 saturated carbocycles. The lowest BCUT2D eigenvalue weighted by molar-refractivity contribution is -0.120. The summed E-state index contributed by atoms with van der Waals surface area (Å²) in [4.78, 5) is 15.0. The smallest absolute Gasteiger partial charge is 0.224 e. The molecule has 1 N–H and O–H groups in total. The Hall–Kier alpha value is -2.33. The first-order chi connectivity index (χ1) is 14.2. The molecule has 1 amide bonds. The van der Waals surface area contributed by atoms with Crippen LogP contribution in [0.2, 0.25) is 0 Å². The number of ether oxygens (including phenoxy) is 1. The fourth-order valence-electron chi connectivity index (χ4n) is 4.60. The number of amides is 1. The van der Waals surface area contributed by atoms with E-state index in [0.29, 0.717) is 19.0 Å². The van der Waals surface area contributed by atoms with E-state index in [1.54, 1.807) is 0 Å². The van der Waals surface area contributed by atoms with Gasteiger partial charge in [-0.05, 0) is 48.2 Å². The summed E-state index contributed by atoms with van der Waals surface area (Å²) in [6.07, 6.45) is 8.04. The van der Waals surface area contributed by atoms with Crippen LogP contribution in [-0.2, 0) is 30.7 Å². The van der Waals surface area contributed by atoms with E-state index in [9.17, 15) is 4.79 Å². The molecule has 2 aromatic rings. The van der Waals surface area contributed by atoms with E-state index in [0.717, 1.165) is 30.9 Å². The van der Waals surface area contributed by atoms with Gasteiger partial charge in [-0.3, -0.25) is 9.69 Å². The zero-order valence-corrected chi connectivity index (χ0v) is 17.5. The van der Waals surface area contributed by atoms with E-state index >= 15 is 0 Å². The average Bonchev–Trinajstić information content (AvgIpc) is 3.21. The highest BCUT2D eigenvalue weighted by molar-refractivity contribution is 5.78. The maximum absolute atomic E-state index is 12.5. The second kappa shape index (κ2) is 9.45. The van der Waals surface area contributed by atoms with Gasteiger partial charge in [-0.2, -0.15) is 0 Å². The van der Waals surface area contributed by atoms with Crippen molar-refractivity contribution in [1.82, 2.24) is 10.2 Å². The highest BCUT2D eigenvalue weighted by atomic mass is 16.5. The minimum absolute atomic E-state index is 0.0688. The number of nitrogens with zero attached hydrogens (tertiary/aromatic N) is 1. The molecule has 2 aliphatic rings. The normalized spacial score (nSPS) is 16.5. The number of rotatable bonds is 7. The molecule has 0 radical (unpaired) electrons. The van der Waals surface area contributed by atoms with Crippen molar-refractivity contribution in [1.29, 1.82) is 0 Å². The Bertz CT molecular complexity index is 842. The van der Waals surface area contributed by atoms with Crippen molar-refractivity contribution in [2.75, 3.05) is 13.7 Å². The van der Waals surface area contributed by atoms with Gasteiger partial charge in [-0.15, -0.1) is 0 Å². The Morgan fingerprint density at radius 2 is 1.90 bits per heavy atom. The number of carbonyl (C=O) groups excluding carboxylic acids is 1. The van der Waals surface area contributed by atoms with Gasteiger partial charge >= 0.3 is 0 Å². The average molecular weight is 393 g/mol. The number of nitrogens with one attached hydrogen (secondary N) is 1. The number of fused-ring (bicyclic) bond motifs is 1. The zero-order valence-electron chi connectivity index (χ0n) is 17.5. The van der Waals surface area contributed by atoms with Crippen molar-refractivity contribution in [2.45, 2.75) is 64.1 Å². The first-order valence-electron chi connectivity index (χ1n) is 11.0. The second-order valence-electron chi connectivity index (χ2n) is 8.47. The van der Waals surface area contributed by atoms with Crippen LogP contribution in [0.4, 0.5) is 0 Å². The highest BCUT2D eigenvalue weighted by Crippen LogP contribution is 2.26. The van der Waals surface area contributed by atoms with Crippen LogP contribution in [0.25, 0.3) is 0 Å². The Labute approximate surface area is 174 Å². The van der Waals surface area contributed by atoms with Gasteiger partial charge in [0.1, 0.15) is 5.75 Å². The predicted molar refractivity (Wildman–Crippen MR) is 116 cm³/mol. The summed E-state index contributed by atoms with van der Waals surface area (Å²) >= 11 is 0. The molecule has 1 heterocycles. The quantitative estimate of drug-likeness (QED) is 0.766. The van der Waals surface area contributed by atoms with Crippen LogP contribution >= 0.6 is 0 Å². The van der Waals surface area contributed by atoms with E-state index in [4.69, 9.17) is 4.74 Å². The van der Waals surface area contributed by atoms with E-state index in [1.165, 1.54) is 48.8 Å². The van der Waals surface area contributed by atoms with Gasteiger partial charge in [-0.1, -0.05) is 55.7 Å². The van der Waals surface area contributed by atoms with Crippen LogP contribution in [0.1, 0.15) is 54.4 Å². The van der Waals surface area contributed by atoms with Gasteiger partial charge in [0.05, 0.1) is 13.0 Å². The van der Waals surface area contributed by atoms with Crippen molar-refractivity contribution >= 4 is 5.91 Å². The lowest BCUT2D eigenvalue weighted by Crippen LogP contribution is -2.33. The summed E-state index contributed by atoms with van der Waals surface area (Å²) in [6.45, 7) is 2.28. The van der Waals surface area contributed by atoms with Crippen molar-refractivity contribution in [3.63, 3.8) is 0 Å². The predicted octanol–water partition coefficient (Wildman–Crippen LogP) is 4.24. The fourth-order valence-corrected chi connectivity index (χ4v) is 4.60. The first-order valence-corrected chi connectivity index (χ1v) is 11.0. The van der Waals surface area contributed by atoms with Crippen molar-refractivity contribution < 1.29 is 9.53 Å². The molecule has 0 bridgehead atoms. The van der Waals surface area contributed by atoms with E-state index in [-0.39, 0.29) is 5.91 Å². The fraction of sp³-hybridized carbons (Fsp3) is 0.480. The molecule has 2 aromatic carbocycles. The molecule has 4 heteroatoms. The molecule has 0 atom stereocenters. The lowest BCUT2D eigenvalue weighted by Gasteiger charge is -2.31. The van der Waals surface area contributed by atoms with Crippen LogP contribution in [-0.4, -0.2) is 30.5 Å². The molecule has 29 heavy (non-hydrogen) atoms. The van der Waals surface area contributed by atoms with E-state index < -0.39 is 0 Å². The Morgan fingerprint density at radius 3 is 2.72 bits per heavy atom. The molecule has 4 nitrogen and oxygen atoms in total. The molecule has 1 fully saturated rings. The molecular weight excluding hydrogens is 360 g/mol. The monoisotopic (exact) mass is 392 g/mol. The van der Waals surface area contributed by atoms with Crippen molar-refractivity contribution in [3.8, 4) is 5.75 Å². The summed E-state index contributed by atoms with van der Waals surface area (Å²) in [5.41, 5.74) is 4.80.